The Labute approximate surface area is 130 Å². The summed E-state index contributed by atoms with van der Waals surface area (Å²) in [4.78, 5) is 3.64. The number of sulfonamides is 1. The fourth-order valence-electron chi connectivity index (χ4n) is 1.41. The van der Waals surface area contributed by atoms with E-state index in [0.29, 0.717) is 0 Å². The highest BCUT2D eigenvalue weighted by Crippen LogP contribution is 2.33. The molecule has 0 saturated heterocycles. The molecule has 1 heterocycles. The summed E-state index contributed by atoms with van der Waals surface area (Å²) in [6.45, 7) is 0. The Morgan fingerprint density at radius 1 is 1.10 bits per heavy atom. The summed E-state index contributed by atoms with van der Waals surface area (Å²) < 4.78 is 26.7. The molecule has 0 amide bonds. The van der Waals surface area contributed by atoms with E-state index in [9.17, 15) is 8.42 Å². The smallest absolute Gasteiger partial charge is 0.264 e. The molecule has 20 heavy (non-hydrogen) atoms. The number of hydrogen-bond donors (Lipinski definition) is 2. The maximum absolute atomic E-state index is 12.2. The lowest BCUT2D eigenvalue weighted by Crippen LogP contribution is -2.15. The molecule has 0 aliphatic carbocycles. The fourth-order valence-corrected chi connectivity index (χ4v) is 3.35. The predicted molar refractivity (Wildman–Crippen MR) is 80.9 cm³/mol. The number of hydrogen-bond acceptors (Lipinski definition) is 4. The monoisotopic (exact) mass is 351 g/mol. The number of nitrogens with zero attached hydrogens (tertiary/aromatic N) is 1. The van der Waals surface area contributed by atoms with Crippen LogP contribution in [0.5, 0.6) is 0 Å². The average Bonchev–Trinajstić information content (AvgIpc) is 2.35. The van der Waals surface area contributed by atoms with Gasteiger partial charge in [-0.15, -0.1) is 0 Å². The van der Waals surface area contributed by atoms with Crippen LogP contribution in [0.3, 0.4) is 0 Å². The Morgan fingerprint density at radius 3 is 2.45 bits per heavy atom. The molecule has 3 N–H and O–H groups in total. The van der Waals surface area contributed by atoms with Crippen LogP contribution in [0, 0.1) is 0 Å². The van der Waals surface area contributed by atoms with Gasteiger partial charge in [0.2, 0.25) is 0 Å². The number of pyridine rings is 1. The van der Waals surface area contributed by atoms with E-state index in [1.165, 1.54) is 24.3 Å². The summed E-state index contributed by atoms with van der Waals surface area (Å²) >= 11 is 17.4. The van der Waals surface area contributed by atoms with Crippen molar-refractivity contribution in [3.63, 3.8) is 0 Å². The van der Waals surface area contributed by atoms with Crippen molar-refractivity contribution in [3.8, 4) is 0 Å². The second kappa shape index (κ2) is 5.65. The molecule has 2 aromatic rings. The third-order valence-electron chi connectivity index (χ3n) is 2.33. The number of anilines is 2. The maximum atomic E-state index is 12.2. The number of nitrogens with one attached hydrogen (secondary N) is 1. The number of nitrogen functional groups attached to an aromatic ring is 1. The summed E-state index contributed by atoms with van der Waals surface area (Å²) in [5.41, 5.74) is 5.60. The van der Waals surface area contributed by atoms with Gasteiger partial charge in [-0.1, -0.05) is 40.9 Å². The molecule has 0 aliphatic rings. The van der Waals surface area contributed by atoms with Gasteiger partial charge in [0, 0.05) is 0 Å². The maximum Gasteiger partial charge on any atom is 0.264 e. The summed E-state index contributed by atoms with van der Waals surface area (Å²) in [5, 5.41) is 0.189. The first kappa shape index (κ1) is 15.2. The molecule has 2 rings (SSSR count). The van der Waals surface area contributed by atoms with Gasteiger partial charge >= 0.3 is 0 Å². The predicted octanol–water partition coefficient (Wildman–Crippen LogP) is 3.42. The van der Waals surface area contributed by atoms with Gasteiger partial charge in [0.25, 0.3) is 10.0 Å². The Balaban J connectivity index is 2.44. The first-order valence-corrected chi connectivity index (χ1v) is 7.82. The normalized spacial score (nSPS) is 11.3. The van der Waals surface area contributed by atoms with Crippen molar-refractivity contribution in [3.05, 3.63) is 45.5 Å². The third kappa shape index (κ3) is 3.09. The summed E-state index contributed by atoms with van der Waals surface area (Å²) in [7, 11) is -3.94. The zero-order valence-electron chi connectivity index (χ0n) is 9.77. The van der Waals surface area contributed by atoms with Gasteiger partial charge in [-0.3, -0.25) is 4.72 Å². The van der Waals surface area contributed by atoms with Crippen molar-refractivity contribution in [1.82, 2.24) is 4.98 Å². The quantitative estimate of drug-likeness (QED) is 0.654. The van der Waals surface area contributed by atoms with Gasteiger partial charge in [0.15, 0.2) is 0 Å². The minimum atomic E-state index is -3.94. The van der Waals surface area contributed by atoms with Crippen molar-refractivity contribution in [2.75, 3.05) is 10.5 Å². The van der Waals surface area contributed by atoms with Crippen LogP contribution in [0.4, 0.5) is 11.5 Å². The molecule has 0 atom stereocenters. The largest absolute Gasteiger partial charge is 0.396 e. The van der Waals surface area contributed by atoms with Gasteiger partial charge in [-0.2, -0.15) is 0 Å². The molecular weight excluding hydrogens is 345 g/mol. The highest BCUT2D eigenvalue weighted by Gasteiger charge is 2.21. The van der Waals surface area contributed by atoms with Crippen molar-refractivity contribution in [2.24, 2.45) is 0 Å². The highest BCUT2D eigenvalue weighted by molar-refractivity contribution is 7.92. The van der Waals surface area contributed by atoms with Crippen molar-refractivity contribution < 1.29 is 8.42 Å². The van der Waals surface area contributed by atoms with Gasteiger partial charge in [0.1, 0.15) is 15.9 Å². The highest BCUT2D eigenvalue weighted by atomic mass is 35.5. The van der Waals surface area contributed by atoms with Gasteiger partial charge in [-0.05, 0) is 24.3 Å². The minimum absolute atomic E-state index is 0.00439. The van der Waals surface area contributed by atoms with E-state index in [2.05, 4.69) is 9.71 Å². The van der Waals surface area contributed by atoms with E-state index < -0.39 is 10.0 Å². The lowest BCUT2D eigenvalue weighted by atomic mass is 10.3. The lowest BCUT2D eigenvalue weighted by molar-refractivity contribution is 0.601. The van der Waals surface area contributed by atoms with Crippen molar-refractivity contribution in [1.29, 1.82) is 0 Å². The van der Waals surface area contributed by atoms with Crippen LogP contribution in [0.1, 0.15) is 0 Å². The van der Waals surface area contributed by atoms with Crippen LogP contribution >= 0.6 is 34.8 Å². The molecule has 0 radical (unpaired) electrons. The number of nitrogens with two attached hydrogens (primary N) is 1. The van der Waals surface area contributed by atoms with Gasteiger partial charge in [-0.25, -0.2) is 13.4 Å². The fraction of sp³-hybridized carbons (Fsp3) is 0. The average molecular weight is 353 g/mol. The second-order valence-electron chi connectivity index (χ2n) is 3.72. The third-order valence-corrected chi connectivity index (χ3v) is 4.79. The molecular formula is C11H8Cl3N3O2S. The second-order valence-corrected chi connectivity index (χ2v) is 6.55. The molecule has 1 aromatic carbocycles. The van der Waals surface area contributed by atoms with Crippen molar-refractivity contribution >= 4 is 56.3 Å². The van der Waals surface area contributed by atoms with E-state index in [4.69, 9.17) is 40.5 Å². The van der Waals surface area contributed by atoms with Crippen LogP contribution in [-0.2, 0) is 10.0 Å². The summed E-state index contributed by atoms with van der Waals surface area (Å²) in [6.07, 6.45) is 0. The molecule has 0 spiro atoms. The zero-order valence-corrected chi connectivity index (χ0v) is 12.9. The molecule has 0 unspecified atom stereocenters. The van der Waals surface area contributed by atoms with Gasteiger partial charge in [0.05, 0.1) is 15.7 Å². The summed E-state index contributed by atoms with van der Waals surface area (Å²) in [5.74, 6) is 0.0714. The number of benzene rings is 1. The number of halogens is 3. The molecule has 5 nitrogen and oxygen atoms in total. The first-order valence-electron chi connectivity index (χ1n) is 5.20. The van der Waals surface area contributed by atoms with Crippen LogP contribution in [0.25, 0.3) is 0 Å². The number of rotatable bonds is 3. The minimum Gasteiger partial charge on any atom is -0.396 e. The SMILES string of the molecule is Nc1c(Cl)ccc(S(=O)(=O)Nc2cccc(Cl)n2)c1Cl. The summed E-state index contributed by atoms with van der Waals surface area (Å²) in [6, 6.07) is 7.14. The molecule has 0 saturated carbocycles. The topological polar surface area (TPSA) is 85.1 Å². The molecule has 9 heteroatoms. The molecule has 0 fully saturated rings. The standard InChI is InChI=1S/C11H8Cl3N3O2S/c12-6-4-5-7(10(14)11(6)15)20(18,19)17-9-3-1-2-8(13)16-9/h1-5H,15H2,(H,16,17). The van der Waals surface area contributed by atoms with Crippen LogP contribution in [0.15, 0.2) is 35.2 Å². The first-order chi connectivity index (χ1) is 9.31. The Hall–Kier alpha value is -1.21. The van der Waals surface area contributed by atoms with E-state index in [1.54, 1.807) is 6.07 Å². The van der Waals surface area contributed by atoms with Crippen LogP contribution < -0.4 is 10.5 Å². The van der Waals surface area contributed by atoms with E-state index in [1.807, 2.05) is 0 Å². The lowest BCUT2D eigenvalue weighted by Gasteiger charge is -2.11. The Morgan fingerprint density at radius 2 is 1.80 bits per heavy atom. The van der Waals surface area contributed by atoms with Crippen molar-refractivity contribution in [2.45, 2.75) is 4.90 Å². The number of aromatic nitrogens is 1. The Bertz CT molecular complexity index is 766. The van der Waals surface area contributed by atoms with E-state index >= 15 is 0 Å². The molecule has 1 aromatic heterocycles. The Kier molecular flexibility index (Phi) is 4.29. The van der Waals surface area contributed by atoms with Crippen LogP contribution in [-0.4, -0.2) is 13.4 Å². The van der Waals surface area contributed by atoms with Crippen LogP contribution in [0.2, 0.25) is 15.2 Å². The van der Waals surface area contributed by atoms with E-state index in [-0.39, 0.29) is 31.6 Å². The van der Waals surface area contributed by atoms with Gasteiger partial charge < -0.3 is 5.73 Å². The molecule has 0 aliphatic heterocycles. The van der Waals surface area contributed by atoms with E-state index in [0.717, 1.165) is 0 Å². The molecule has 0 bridgehead atoms. The zero-order chi connectivity index (χ0) is 14.9. The molecule has 106 valence electrons.